The summed E-state index contributed by atoms with van der Waals surface area (Å²) >= 11 is 3.69. The van der Waals surface area contributed by atoms with Gasteiger partial charge in [0.2, 0.25) is 0 Å². The van der Waals surface area contributed by atoms with Gasteiger partial charge in [0, 0.05) is 9.13 Å². The van der Waals surface area contributed by atoms with Gasteiger partial charge in [-0.15, -0.1) is 0 Å². The Labute approximate surface area is 134 Å². The van der Waals surface area contributed by atoms with E-state index >= 15 is 0 Å². The lowest BCUT2D eigenvalue weighted by atomic mass is 10.2. The second-order valence-corrected chi connectivity index (χ2v) is 6.73. The van der Waals surface area contributed by atoms with E-state index < -0.39 is 0 Å². The Bertz CT molecular complexity index is 797. The van der Waals surface area contributed by atoms with Crippen molar-refractivity contribution in [3.63, 3.8) is 0 Å². The van der Waals surface area contributed by atoms with Crippen molar-refractivity contribution >= 4 is 55.2 Å². The molecule has 1 aromatic heterocycles. The van der Waals surface area contributed by atoms with Crippen LogP contribution < -0.4 is 5.32 Å². The normalized spacial score (nSPS) is 10.7. The third kappa shape index (κ3) is 2.83. The number of carbonyl (C=O) groups excluding carboxylic acids is 1. The summed E-state index contributed by atoms with van der Waals surface area (Å²) in [5.41, 5.74) is 2.75. The largest absolute Gasteiger partial charge is 0.298 e. The number of aryl methyl sites for hydroxylation is 1. The third-order valence-electron chi connectivity index (χ3n) is 2.85. The van der Waals surface area contributed by atoms with E-state index in [1.54, 1.807) is 6.07 Å². The zero-order valence-corrected chi connectivity index (χ0v) is 13.7. The maximum atomic E-state index is 12.2. The highest BCUT2D eigenvalue weighted by Crippen LogP contribution is 2.27. The Kier molecular flexibility index (Phi) is 3.71. The average Bonchev–Trinajstić information content (AvgIpc) is 2.80. The second-order valence-electron chi connectivity index (χ2n) is 4.45. The monoisotopic (exact) mass is 394 g/mol. The summed E-state index contributed by atoms with van der Waals surface area (Å²) in [6.45, 7) is 2.04. The quantitative estimate of drug-likeness (QED) is 0.652. The molecule has 3 rings (SSSR count). The fourth-order valence-corrected chi connectivity index (χ4v) is 3.39. The zero-order valence-electron chi connectivity index (χ0n) is 10.7. The maximum absolute atomic E-state index is 12.2. The summed E-state index contributed by atoms with van der Waals surface area (Å²) in [5.74, 6) is -0.126. The Balaban J connectivity index is 1.87. The Morgan fingerprint density at radius 2 is 2.10 bits per heavy atom. The first-order chi connectivity index (χ1) is 9.61. The van der Waals surface area contributed by atoms with Crippen molar-refractivity contribution in [2.75, 3.05) is 5.32 Å². The zero-order chi connectivity index (χ0) is 14.1. The maximum Gasteiger partial charge on any atom is 0.257 e. The molecule has 0 spiro atoms. The van der Waals surface area contributed by atoms with Crippen molar-refractivity contribution in [1.82, 2.24) is 4.98 Å². The topological polar surface area (TPSA) is 42.0 Å². The molecule has 0 bridgehead atoms. The van der Waals surface area contributed by atoms with Gasteiger partial charge in [-0.25, -0.2) is 4.98 Å². The number of fused-ring (bicyclic) bond motifs is 1. The molecule has 0 aliphatic rings. The van der Waals surface area contributed by atoms with Gasteiger partial charge in [-0.3, -0.25) is 10.1 Å². The highest BCUT2D eigenvalue weighted by molar-refractivity contribution is 14.1. The van der Waals surface area contributed by atoms with Gasteiger partial charge in [0.15, 0.2) is 5.13 Å². The lowest BCUT2D eigenvalue weighted by Gasteiger charge is -2.01. The molecule has 0 unspecified atom stereocenters. The van der Waals surface area contributed by atoms with E-state index in [1.807, 2.05) is 37.3 Å². The van der Waals surface area contributed by atoms with E-state index in [1.165, 1.54) is 16.9 Å². The van der Waals surface area contributed by atoms with Crippen molar-refractivity contribution in [2.45, 2.75) is 6.92 Å². The molecule has 0 saturated heterocycles. The summed E-state index contributed by atoms with van der Waals surface area (Å²) in [6.07, 6.45) is 0. The van der Waals surface area contributed by atoms with Crippen LogP contribution in [0.5, 0.6) is 0 Å². The number of nitrogens with one attached hydrogen (secondary N) is 1. The van der Waals surface area contributed by atoms with Gasteiger partial charge in [0.1, 0.15) is 0 Å². The molecule has 0 saturated carbocycles. The van der Waals surface area contributed by atoms with Gasteiger partial charge in [0.05, 0.1) is 10.2 Å². The molecular formula is C15H11IN2OS. The molecule has 1 N–H and O–H groups in total. The van der Waals surface area contributed by atoms with E-state index in [2.05, 4.69) is 39.0 Å². The molecule has 3 aromatic rings. The van der Waals surface area contributed by atoms with Gasteiger partial charge < -0.3 is 0 Å². The summed E-state index contributed by atoms with van der Waals surface area (Å²) in [6, 6.07) is 13.6. The number of amides is 1. The number of rotatable bonds is 2. The lowest BCUT2D eigenvalue weighted by Crippen LogP contribution is -2.11. The predicted molar refractivity (Wildman–Crippen MR) is 91.5 cm³/mol. The fraction of sp³-hybridized carbons (Fsp3) is 0.0667. The number of anilines is 1. The Hall–Kier alpha value is -1.47. The number of benzene rings is 2. The van der Waals surface area contributed by atoms with Crippen LogP contribution >= 0.6 is 33.9 Å². The van der Waals surface area contributed by atoms with Crippen LogP contribution in [0.15, 0.2) is 42.5 Å². The Morgan fingerprint density at radius 1 is 1.25 bits per heavy atom. The number of aromatic nitrogens is 1. The van der Waals surface area contributed by atoms with Gasteiger partial charge in [-0.2, -0.15) is 0 Å². The molecule has 0 fully saturated rings. The minimum absolute atomic E-state index is 0.126. The minimum Gasteiger partial charge on any atom is -0.298 e. The number of carbonyl (C=O) groups is 1. The van der Waals surface area contributed by atoms with Crippen molar-refractivity contribution in [3.8, 4) is 0 Å². The van der Waals surface area contributed by atoms with Crippen molar-refractivity contribution in [1.29, 1.82) is 0 Å². The molecule has 5 heteroatoms. The van der Waals surface area contributed by atoms with Gasteiger partial charge >= 0.3 is 0 Å². The van der Waals surface area contributed by atoms with Crippen LogP contribution in [-0.2, 0) is 0 Å². The third-order valence-corrected chi connectivity index (χ3v) is 4.46. The molecule has 3 nitrogen and oxygen atoms in total. The summed E-state index contributed by atoms with van der Waals surface area (Å²) < 4.78 is 2.12. The van der Waals surface area contributed by atoms with Gasteiger partial charge in [-0.1, -0.05) is 23.5 Å². The van der Waals surface area contributed by atoms with Crippen molar-refractivity contribution in [2.24, 2.45) is 0 Å². The molecule has 0 radical (unpaired) electrons. The molecule has 2 aromatic carbocycles. The molecule has 0 aliphatic carbocycles. The molecule has 1 amide bonds. The first kappa shape index (κ1) is 13.5. The van der Waals surface area contributed by atoms with E-state index in [9.17, 15) is 4.79 Å². The van der Waals surface area contributed by atoms with Crippen LogP contribution in [0, 0.1) is 10.5 Å². The van der Waals surface area contributed by atoms with E-state index in [-0.39, 0.29) is 5.91 Å². The average molecular weight is 394 g/mol. The molecular weight excluding hydrogens is 383 g/mol. The number of hydrogen-bond acceptors (Lipinski definition) is 3. The predicted octanol–water partition coefficient (Wildman–Crippen LogP) is 4.46. The molecule has 100 valence electrons. The Morgan fingerprint density at radius 3 is 2.90 bits per heavy atom. The molecule has 0 atom stereocenters. The highest BCUT2D eigenvalue weighted by Gasteiger charge is 2.10. The van der Waals surface area contributed by atoms with E-state index in [0.717, 1.165) is 13.8 Å². The van der Waals surface area contributed by atoms with Crippen molar-refractivity contribution < 1.29 is 4.79 Å². The first-order valence-electron chi connectivity index (χ1n) is 6.06. The van der Waals surface area contributed by atoms with E-state index in [0.29, 0.717) is 10.7 Å². The van der Waals surface area contributed by atoms with E-state index in [4.69, 9.17) is 0 Å². The molecule has 1 heterocycles. The minimum atomic E-state index is -0.126. The number of halogens is 1. The number of nitrogens with zero attached hydrogens (tertiary/aromatic N) is 1. The smallest absolute Gasteiger partial charge is 0.257 e. The number of hydrogen-bond donors (Lipinski definition) is 1. The first-order valence-corrected chi connectivity index (χ1v) is 7.95. The summed E-state index contributed by atoms with van der Waals surface area (Å²) in [4.78, 5) is 16.6. The van der Waals surface area contributed by atoms with Crippen LogP contribution in [0.3, 0.4) is 0 Å². The van der Waals surface area contributed by atoms with Crippen LogP contribution in [0.1, 0.15) is 15.9 Å². The van der Waals surface area contributed by atoms with Crippen molar-refractivity contribution in [3.05, 3.63) is 57.2 Å². The van der Waals surface area contributed by atoms with Crippen LogP contribution in [0.2, 0.25) is 0 Å². The summed E-state index contributed by atoms with van der Waals surface area (Å²) in [7, 11) is 0. The van der Waals surface area contributed by atoms with Crippen LogP contribution in [0.4, 0.5) is 5.13 Å². The standard InChI is InChI=1S/C15H11IN2OS/c1-9-5-6-12-13(7-9)20-15(17-12)18-14(19)10-3-2-4-11(16)8-10/h2-8H,1H3,(H,17,18,19). The van der Waals surface area contributed by atoms with Gasteiger partial charge in [-0.05, 0) is 65.4 Å². The van der Waals surface area contributed by atoms with Crippen LogP contribution in [-0.4, -0.2) is 10.9 Å². The SMILES string of the molecule is Cc1ccc2nc(NC(=O)c3cccc(I)c3)sc2c1. The second kappa shape index (κ2) is 5.49. The lowest BCUT2D eigenvalue weighted by molar-refractivity contribution is 0.102. The van der Waals surface area contributed by atoms with Crippen LogP contribution in [0.25, 0.3) is 10.2 Å². The molecule has 0 aliphatic heterocycles. The molecule has 20 heavy (non-hydrogen) atoms. The number of thiazole rings is 1. The van der Waals surface area contributed by atoms with Gasteiger partial charge in [0.25, 0.3) is 5.91 Å². The fourth-order valence-electron chi connectivity index (χ4n) is 1.88. The highest BCUT2D eigenvalue weighted by atomic mass is 127. The summed E-state index contributed by atoms with van der Waals surface area (Å²) in [5, 5.41) is 3.49.